The molecule has 1 aromatic heterocycles. The van der Waals surface area contributed by atoms with Gasteiger partial charge in [-0.25, -0.2) is 8.78 Å². The number of carbonyl (C=O) groups is 1. The zero-order valence-corrected chi connectivity index (χ0v) is 12.6. The summed E-state index contributed by atoms with van der Waals surface area (Å²) >= 11 is 0. The number of nitrogens with one attached hydrogen (secondary N) is 1. The first-order valence-electron chi connectivity index (χ1n) is 7.40. The predicted octanol–water partition coefficient (Wildman–Crippen LogP) is 4.04. The summed E-state index contributed by atoms with van der Waals surface area (Å²) in [7, 11) is 0. The molecule has 0 bridgehead atoms. The van der Waals surface area contributed by atoms with Gasteiger partial charge in [-0.05, 0) is 30.7 Å². The smallest absolute Gasteiger partial charge is 0.231 e. The Bertz CT molecular complexity index is 857. The van der Waals surface area contributed by atoms with Gasteiger partial charge in [0.05, 0.1) is 6.42 Å². The molecular formula is C18H16F2N2O. The monoisotopic (exact) mass is 314 g/mol. The molecule has 0 spiro atoms. The van der Waals surface area contributed by atoms with Gasteiger partial charge in [0.1, 0.15) is 0 Å². The highest BCUT2D eigenvalue weighted by Gasteiger charge is 2.17. The summed E-state index contributed by atoms with van der Waals surface area (Å²) in [5, 5.41) is 0.988. The van der Waals surface area contributed by atoms with Crippen molar-refractivity contribution in [3.05, 3.63) is 65.9 Å². The van der Waals surface area contributed by atoms with Gasteiger partial charge in [-0.15, -0.1) is 0 Å². The number of carbonyl (C=O) groups excluding carboxylic acids is 1. The quantitative estimate of drug-likeness (QED) is 0.775. The molecule has 118 valence electrons. The molecule has 0 aliphatic heterocycles. The number of rotatable bonds is 4. The number of anilines is 1. The number of amides is 1. The lowest BCUT2D eigenvalue weighted by molar-refractivity contribution is -0.117. The van der Waals surface area contributed by atoms with Crippen LogP contribution >= 0.6 is 0 Å². The highest BCUT2D eigenvalue weighted by molar-refractivity contribution is 5.97. The molecule has 3 nitrogen and oxygen atoms in total. The molecule has 0 saturated heterocycles. The van der Waals surface area contributed by atoms with E-state index < -0.39 is 11.6 Å². The van der Waals surface area contributed by atoms with Crippen LogP contribution in [0.25, 0.3) is 10.9 Å². The molecule has 3 rings (SSSR count). The lowest BCUT2D eigenvalue weighted by Gasteiger charge is -2.21. The summed E-state index contributed by atoms with van der Waals surface area (Å²) in [5.41, 5.74) is 2.20. The minimum absolute atomic E-state index is 0.164. The molecule has 1 amide bonds. The normalized spacial score (nSPS) is 10.9. The van der Waals surface area contributed by atoms with E-state index >= 15 is 0 Å². The average molecular weight is 314 g/mol. The number of benzene rings is 2. The molecule has 0 radical (unpaired) electrons. The number of aromatic nitrogens is 1. The van der Waals surface area contributed by atoms with Gasteiger partial charge in [-0.2, -0.15) is 0 Å². The van der Waals surface area contributed by atoms with E-state index in [-0.39, 0.29) is 12.3 Å². The third-order valence-corrected chi connectivity index (χ3v) is 3.85. The van der Waals surface area contributed by atoms with Crippen molar-refractivity contribution in [2.75, 3.05) is 11.4 Å². The Morgan fingerprint density at radius 1 is 1.13 bits per heavy atom. The topological polar surface area (TPSA) is 36.1 Å². The van der Waals surface area contributed by atoms with Crippen LogP contribution in [0.5, 0.6) is 0 Å². The molecule has 3 aromatic rings. The Kier molecular flexibility index (Phi) is 4.10. The number of para-hydroxylation sites is 1. The summed E-state index contributed by atoms with van der Waals surface area (Å²) in [6.45, 7) is 2.18. The van der Waals surface area contributed by atoms with Gasteiger partial charge in [0.2, 0.25) is 5.91 Å². The fourth-order valence-corrected chi connectivity index (χ4v) is 2.69. The summed E-state index contributed by atoms with van der Waals surface area (Å²) in [5.74, 6) is -2.04. The number of H-pyrrole nitrogens is 1. The van der Waals surface area contributed by atoms with Crippen LogP contribution in [-0.2, 0) is 11.2 Å². The van der Waals surface area contributed by atoms with Gasteiger partial charge < -0.3 is 9.88 Å². The second-order valence-electron chi connectivity index (χ2n) is 5.27. The number of hydrogen-bond acceptors (Lipinski definition) is 1. The first-order valence-corrected chi connectivity index (χ1v) is 7.40. The Morgan fingerprint density at radius 2 is 1.91 bits per heavy atom. The van der Waals surface area contributed by atoms with E-state index in [9.17, 15) is 13.6 Å². The fourth-order valence-electron chi connectivity index (χ4n) is 2.69. The highest BCUT2D eigenvalue weighted by Crippen LogP contribution is 2.22. The van der Waals surface area contributed by atoms with Crippen LogP contribution in [0.15, 0.2) is 48.7 Å². The van der Waals surface area contributed by atoms with E-state index in [0.29, 0.717) is 12.2 Å². The molecule has 0 unspecified atom stereocenters. The second-order valence-corrected chi connectivity index (χ2v) is 5.27. The molecule has 0 fully saturated rings. The number of hydrogen-bond donors (Lipinski definition) is 1. The molecule has 0 atom stereocenters. The number of aromatic amines is 1. The summed E-state index contributed by atoms with van der Waals surface area (Å²) < 4.78 is 26.5. The van der Waals surface area contributed by atoms with Gasteiger partial charge in [-0.1, -0.05) is 18.2 Å². The van der Waals surface area contributed by atoms with Crippen molar-refractivity contribution in [3.8, 4) is 0 Å². The molecule has 0 aliphatic carbocycles. The van der Waals surface area contributed by atoms with Crippen molar-refractivity contribution < 1.29 is 13.6 Å². The van der Waals surface area contributed by atoms with Crippen LogP contribution in [0, 0.1) is 11.6 Å². The molecule has 2 aromatic carbocycles. The van der Waals surface area contributed by atoms with Crippen molar-refractivity contribution in [2.45, 2.75) is 13.3 Å². The number of likely N-dealkylation sites (N-methyl/N-ethyl adjacent to an activating group) is 1. The van der Waals surface area contributed by atoms with Gasteiger partial charge in [-0.3, -0.25) is 4.79 Å². The van der Waals surface area contributed by atoms with Crippen LogP contribution < -0.4 is 4.90 Å². The van der Waals surface area contributed by atoms with Crippen molar-refractivity contribution >= 4 is 22.5 Å². The van der Waals surface area contributed by atoms with E-state index in [4.69, 9.17) is 0 Å². The Balaban J connectivity index is 1.86. The van der Waals surface area contributed by atoms with Crippen molar-refractivity contribution in [2.24, 2.45) is 0 Å². The second kappa shape index (κ2) is 6.20. The molecule has 1 N–H and O–H groups in total. The molecule has 0 saturated carbocycles. The average Bonchev–Trinajstić information content (AvgIpc) is 2.95. The maximum atomic E-state index is 13.4. The first kappa shape index (κ1) is 15.2. The maximum absolute atomic E-state index is 13.4. The molecular weight excluding hydrogens is 298 g/mol. The number of fused-ring (bicyclic) bond motifs is 1. The fraction of sp³-hybridized carbons (Fsp3) is 0.167. The summed E-state index contributed by atoms with van der Waals surface area (Å²) in [4.78, 5) is 17.2. The van der Waals surface area contributed by atoms with E-state index in [1.807, 2.05) is 30.5 Å². The zero-order valence-electron chi connectivity index (χ0n) is 12.6. The Labute approximate surface area is 132 Å². The van der Waals surface area contributed by atoms with Crippen molar-refractivity contribution in [3.63, 3.8) is 0 Å². The van der Waals surface area contributed by atoms with Crippen LogP contribution in [0.2, 0.25) is 0 Å². The highest BCUT2D eigenvalue weighted by atomic mass is 19.2. The van der Waals surface area contributed by atoms with Gasteiger partial charge in [0.15, 0.2) is 11.6 Å². The van der Waals surface area contributed by atoms with Gasteiger partial charge in [0.25, 0.3) is 0 Å². The van der Waals surface area contributed by atoms with Crippen LogP contribution in [0.1, 0.15) is 12.5 Å². The van der Waals surface area contributed by atoms with Crippen LogP contribution in [-0.4, -0.2) is 17.4 Å². The Hall–Kier alpha value is -2.69. The van der Waals surface area contributed by atoms with Crippen LogP contribution in [0.3, 0.4) is 0 Å². The lowest BCUT2D eigenvalue weighted by Crippen LogP contribution is -2.32. The lowest BCUT2D eigenvalue weighted by atomic mass is 10.1. The minimum atomic E-state index is -0.958. The van der Waals surface area contributed by atoms with E-state index in [1.54, 1.807) is 6.92 Å². The van der Waals surface area contributed by atoms with Gasteiger partial charge in [0, 0.05) is 35.4 Å². The van der Waals surface area contributed by atoms with Crippen molar-refractivity contribution in [1.29, 1.82) is 0 Å². The number of nitrogens with zero attached hydrogens (tertiary/aromatic N) is 1. The molecule has 0 aliphatic rings. The van der Waals surface area contributed by atoms with Crippen LogP contribution in [0.4, 0.5) is 14.5 Å². The third kappa shape index (κ3) is 2.95. The molecule has 1 heterocycles. The molecule has 23 heavy (non-hydrogen) atoms. The minimum Gasteiger partial charge on any atom is -0.361 e. The Morgan fingerprint density at radius 3 is 2.65 bits per heavy atom. The molecule has 5 heteroatoms. The van der Waals surface area contributed by atoms with Gasteiger partial charge >= 0.3 is 0 Å². The number of halogens is 2. The third-order valence-electron chi connectivity index (χ3n) is 3.85. The van der Waals surface area contributed by atoms with E-state index in [2.05, 4.69) is 4.98 Å². The summed E-state index contributed by atoms with van der Waals surface area (Å²) in [6.07, 6.45) is 2.00. The van der Waals surface area contributed by atoms with Crippen molar-refractivity contribution in [1.82, 2.24) is 4.98 Å². The largest absolute Gasteiger partial charge is 0.361 e. The van der Waals surface area contributed by atoms with E-state index in [0.717, 1.165) is 28.6 Å². The SMILES string of the molecule is CCN(C(=O)Cc1c[nH]c2ccccc12)c1ccc(F)c(F)c1. The maximum Gasteiger partial charge on any atom is 0.231 e. The summed E-state index contributed by atoms with van der Waals surface area (Å²) in [6, 6.07) is 11.2. The standard InChI is InChI=1S/C18H16F2N2O/c1-2-22(13-7-8-15(19)16(20)10-13)18(23)9-12-11-21-17-6-4-3-5-14(12)17/h3-8,10-11,21H,2,9H2,1H3. The predicted molar refractivity (Wildman–Crippen MR) is 86.4 cm³/mol. The zero-order chi connectivity index (χ0) is 16.4. The van der Waals surface area contributed by atoms with E-state index in [1.165, 1.54) is 11.0 Å². The first-order chi connectivity index (χ1) is 11.1.